The molecule has 0 radical (unpaired) electrons. The van der Waals surface area contributed by atoms with Crippen LogP contribution in [0.5, 0.6) is 5.75 Å². The molecule has 0 bridgehead atoms. The summed E-state index contributed by atoms with van der Waals surface area (Å²) in [6, 6.07) is 7.70. The second-order valence-electron chi connectivity index (χ2n) is 3.52. The van der Waals surface area contributed by atoms with Crippen molar-refractivity contribution >= 4 is 0 Å². The molecule has 0 fully saturated rings. The lowest BCUT2D eigenvalue weighted by atomic mass is 10.1. The molecule has 88 valence electrons. The molecule has 0 heterocycles. The highest BCUT2D eigenvalue weighted by atomic mass is 16.7. The van der Waals surface area contributed by atoms with Gasteiger partial charge in [0, 0.05) is 0 Å². The predicted molar refractivity (Wildman–Crippen MR) is 63.2 cm³/mol. The fraction of sp³-hybridized carbons (Fsp3) is 0.385. The Bertz CT molecular complexity index is 334. The third-order valence-corrected chi connectivity index (χ3v) is 2.02. The molecule has 0 aliphatic heterocycles. The highest BCUT2D eigenvalue weighted by molar-refractivity contribution is 5.34. The van der Waals surface area contributed by atoms with E-state index >= 15 is 0 Å². The minimum atomic E-state index is -0.832. The van der Waals surface area contributed by atoms with Crippen molar-refractivity contribution in [2.75, 3.05) is 0 Å². The van der Waals surface area contributed by atoms with Crippen LogP contribution < -0.4 is 4.74 Å². The van der Waals surface area contributed by atoms with Gasteiger partial charge in [0.05, 0.1) is 0 Å². The van der Waals surface area contributed by atoms with Crippen molar-refractivity contribution < 1.29 is 14.6 Å². The van der Waals surface area contributed by atoms with Crippen molar-refractivity contribution in [1.82, 2.24) is 0 Å². The van der Waals surface area contributed by atoms with E-state index < -0.39 is 12.6 Å². The van der Waals surface area contributed by atoms with Gasteiger partial charge in [-0.25, -0.2) is 0 Å². The summed E-state index contributed by atoms with van der Waals surface area (Å²) in [6.07, 6.45) is 1.26. The van der Waals surface area contributed by atoms with Crippen molar-refractivity contribution in [3.05, 3.63) is 42.5 Å². The number of ether oxygens (including phenoxy) is 2. The first kappa shape index (κ1) is 12.7. The summed E-state index contributed by atoms with van der Waals surface area (Å²) in [4.78, 5) is 0. The molecule has 1 aromatic carbocycles. The van der Waals surface area contributed by atoms with E-state index in [2.05, 4.69) is 6.58 Å². The Balaban J connectivity index is 2.68. The van der Waals surface area contributed by atoms with Crippen LogP contribution in [0.4, 0.5) is 0 Å². The topological polar surface area (TPSA) is 38.7 Å². The number of rotatable bonds is 6. The molecule has 3 nitrogen and oxygen atoms in total. The van der Waals surface area contributed by atoms with Gasteiger partial charge in [-0.3, -0.25) is 0 Å². The Morgan fingerprint density at radius 3 is 2.69 bits per heavy atom. The summed E-state index contributed by atoms with van der Waals surface area (Å²) in [5, 5.41) is 9.06. The lowest BCUT2D eigenvalue weighted by molar-refractivity contribution is -0.179. The quantitative estimate of drug-likeness (QED) is 0.593. The SMILES string of the molecule is C=CCc1ccccc1OC(C)OC(C)O. The van der Waals surface area contributed by atoms with Crippen molar-refractivity contribution in [3.63, 3.8) is 0 Å². The summed E-state index contributed by atoms with van der Waals surface area (Å²) >= 11 is 0. The van der Waals surface area contributed by atoms with Crippen LogP contribution >= 0.6 is 0 Å². The Hall–Kier alpha value is -1.32. The van der Waals surface area contributed by atoms with Gasteiger partial charge in [-0.2, -0.15) is 0 Å². The van der Waals surface area contributed by atoms with E-state index in [0.717, 1.165) is 17.7 Å². The standard InChI is InChI=1S/C13H18O3/c1-4-7-12-8-5-6-9-13(12)16-11(3)15-10(2)14/h4-6,8-11,14H,1,7H2,2-3H3. The molecule has 0 spiro atoms. The molecule has 3 heteroatoms. The minimum Gasteiger partial charge on any atom is -0.465 e. The molecule has 0 aliphatic rings. The largest absolute Gasteiger partial charge is 0.465 e. The van der Waals surface area contributed by atoms with E-state index in [4.69, 9.17) is 14.6 Å². The molecule has 1 rings (SSSR count). The van der Waals surface area contributed by atoms with Gasteiger partial charge in [-0.1, -0.05) is 24.3 Å². The monoisotopic (exact) mass is 222 g/mol. The fourth-order valence-corrected chi connectivity index (χ4v) is 1.43. The van der Waals surface area contributed by atoms with Crippen molar-refractivity contribution in [2.24, 2.45) is 0 Å². The molecule has 0 saturated heterocycles. The number of aliphatic hydroxyl groups excluding tert-OH is 1. The van der Waals surface area contributed by atoms with Crippen LogP contribution in [-0.2, 0) is 11.2 Å². The number of hydrogen-bond donors (Lipinski definition) is 1. The van der Waals surface area contributed by atoms with E-state index in [-0.39, 0.29) is 0 Å². The van der Waals surface area contributed by atoms with Crippen molar-refractivity contribution in [1.29, 1.82) is 0 Å². The molecular weight excluding hydrogens is 204 g/mol. The van der Waals surface area contributed by atoms with Crippen LogP contribution in [0.25, 0.3) is 0 Å². The number of benzene rings is 1. The molecule has 0 amide bonds. The normalized spacial score (nSPS) is 14.2. The summed E-state index contributed by atoms with van der Waals surface area (Å²) in [5.74, 6) is 0.760. The fourth-order valence-electron chi connectivity index (χ4n) is 1.43. The number of para-hydroxylation sites is 1. The summed E-state index contributed by atoms with van der Waals surface area (Å²) in [5.41, 5.74) is 1.05. The first-order valence-electron chi connectivity index (χ1n) is 5.32. The number of hydrogen-bond acceptors (Lipinski definition) is 3. The average Bonchev–Trinajstić information content (AvgIpc) is 2.20. The summed E-state index contributed by atoms with van der Waals surface area (Å²) in [7, 11) is 0. The van der Waals surface area contributed by atoms with Crippen LogP contribution in [0.1, 0.15) is 19.4 Å². The average molecular weight is 222 g/mol. The number of allylic oxidation sites excluding steroid dienone is 1. The van der Waals surface area contributed by atoms with Crippen LogP contribution in [0, 0.1) is 0 Å². The van der Waals surface area contributed by atoms with E-state index in [1.807, 2.05) is 30.3 Å². The molecule has 2 atom stereocenters. The van der Waals surface area contributed by atoms with E-state index in [1.54, 1.807) is 13.8 Å². The molecule has 1 N–H and O–H groups in total. The highest BCUT2D eigenvalue weighted by Gasteiger charge is 2.09. The third-order valence-electron chi connectivity index (χ3n) is 2.02. The van der Waals surface area contributed by atoms with Gasteiger partial charge in [0.2, 0.25) is 0 Å². The zero-order chi connectivity index (χ0) is 12.0. The maximum absolute atomic E-state index is 9.06. The van der Waals surface area contributed by atoms with Crippen molar-refractivity contribution in [3.8, 4) is 5.75 Å². The maximum atomic E-state index is 9.06. The Morgan fingerprint density at radius 1 is 1.38 bits per heavy atom. The molecule has 2 unspecified atom stereocenters. The van der Waals surface area contributed by atoms with Gasteiger partial charge in [0.25, 0.3) is 0 Å². The zero-order valence-corrected chi connectivity index (χ0v) is 9.72. The Labute approximate surface area is 96.3 Å². The predicted octanol–water partition coefficient (Wildman–Crippen LogP) is 2.49. The molecule has 0 aromatic heterocycles. The van der Waals surface area contributed by atoms with Crippen molar-refractivity contribution in [2.45, 2.75) is 32.8 Å². The summed E-state index contributed by atoms with van der Waals surface area (Å²) < 4.78 is 10.7. The lowest BCUT2D eigenvalue weighted by Crippen LogP contribution is -2.22. The van der Waals surface area contributed by atoms with E-state index in [0.29, 0.717) is 0 Å². The van der Waals surface area contributed by atoms with Crippen LogP contribution in [-0.4, -0.2) is 17.7 Å². The second-order valence-corrected chi connectivity index (χ2v) is 3.52. The molecule has 1 aromatic rings. The summed E-state index contributed by atoms with van der Waals surface area (Å²) in [6.45, 7) is 7.00. The van der Waals surface area contributed by atoms with Gasteiger partial charge in [0.1, 0.15) is 5.75 Å². The second kappa shape index (κ2) is 6.30. The third kappa shape index (κ3) is 4.04. The number of aliphatic hydroxyl groups is 1. The van der Waals surface area contributed by atoms with Crippen LogP contribution in [0.2, 0.25) is 0 Å². The van der Waals surface area contributed by atoms with E-state index in [9.17, 15) is 0 Å². The van der Waals surface area contributed by atoms with Crippen LogP contribution in [0.3, 0.4) is 0 Å². The van der Waals surface area contributed by atoms with Gasteiger partial charge in [-0.05, 0) is 31.9 Å². The van der Waals surface area contributed by atoms with Crippen LogP contribution in [0.15, 0.2) is 36.9 Å². The maximum Gasteiger partial charge on any atom is 0.199 e. The molecule has 0 aliphatic carbocycles. The molecular formula is C13H18O3. The van der Waals surface area contributed by atoms with Gasteiger partial charge in [-0.15, -0.1) is 6.58 Å². The van der Waals surface area contributed by atoms with Gasteiger partial charge in [0.15, 0.2) is 12.6 Å². The Morgan fingerprint density at radius 2 is 2.06 bits per heavy atom. The van der Waals surface area contributed by atoms with Gasteiger partial charge < -0.3 is 14.6 Å². The molecule has 0 saturated carbocycles. The lowest BCUT2D eigenvalue weighted by Gasteiger charge is -2.18. The first-order valence-corrected chi connectivity index (χ1v) is 5.32. The minimum absolute atomic E-state index is 0.481. The van der Waals surface area contributed by atoms with E-state index in [1.165, 1.54) is 0 Å². The zero-order valence-electron chi connectivity index (χ0n) is 9.72. The first-order chi connectivity index (χ1) is 7.63. The Kier molecular flexibility index (Phi) is 5.02. The smallest absolute Gasteiger partial charge is 0.199 e. The highest BCUT2D eigenvalue weighted by Crippen LogP contribution is 2.20. The van der Waals surface area contributed by atoms with Gasteiger partial charge >= 0.3 is 0 Å². The molecule has 16 heavy (non-hydrogen) atoms.